The molecule has 0 spiro atoms. The molecule has 92 valence electrons. The van der Waals surface area contributed by atoms with Crippen LogP contribution in [0.2, 0.25) is 0 Å². The SMILES string of the molecule is CCOC(=O)c1cccnc1OC1CCNC1. The van der Waals surface area contributed by atoms with Crippen molar-refractivity contribution in [2.75, 3.05) is 19.7 Å². The van der Waals surface area contributed by atoms with E-state index in [1.165, 1.54) is 0 Å². The maximum Gasteiger partial charge on any atom is 0.343 e. The van der Waals surface area contributed by atoms with Crippen LogP contribution in [0.25, 0.3) is 0 Å². The van der Waals surface area contributed by atoms with Crippen LogP contribution in [0.5, 0.6) is 5.88 Å². The van der Waals surface area contributed by atoms with Crippen molar-refractivity contribution in [1.29, 1.82) is 0 Å². The van der Waals surface area contributed by atoms with E-state index in [1.54, 1.807) is 25.3 Å². The molecule has 0 saturated carbocycles. The Morgan fingerprint density at radius 2 is 2.53 bits per heavy atom. The summed E-state index contributed by atoms with van der Waals surface area (Å²) in [5.41, 5.74) is 0.390. The van der Waals surface area contributed by atoms with E-state index < -0.39 is 0 Å². The minimum absolute atomic E-state index is 0.0816. The lowest BCUT2D eigenvalue weighted by Crippen LogP contribution is -2.21. The molecule has 1 unspecified atom stereocenters. The third-order valence-corrected chi connectivity index (χ3v) is 2.56. The van der Waals surface area contributed by atoms with Crippen molar-refractivity contribution in [3.63, 3.8) is 0 Å². The Labute approximate surface area is 100 Å². The van der Waals surface area contributed by atoms with Gasteiger partial charge in [-0.1, -0.05) is 0 Å². The summed E-state index contributed by atoms with van der Waals surface area (Å²) in [7, 11) is 0. The van der Waals surface area contributed by atoms with Crippen molar-refractivity contribution >= 4 is 5.97 Å². The predicted octanol–water partition coefficient (Wildman–Crippen LogP) is 0.999. The first kappa shape index (κ1) is 11.9. The summed E-state index contributed by atoms with van der Waals surface area (Å²) in [6.07, 6.45) is 2.62. The average molecular weight is 236 g/mol. The number of hydrogen-bond donors (Lipinski definition) is 1. The van der Waals surface area contributed by atoms with E-state index in [9.17, 15) is 4.79 Å². The van der Waals surface area contributed by atoms with E-state index >= 15 is 0 Å². The van der Waals surface area contributed by atoms with Gasteiger partial charge in [0.15, 0.2) is 0 Å². The number of aromatic nitrogens is 1. The van der Waals surface area contributed by atoms with Crippen molar-refractivity contribution in [2.24, 2.45) is 0 Å². The quantitative estimate of drug-likeness (QED) is 0.790. The van der Waals surface area contributed by atoms with Crippen LogP contribution in [-0.2, 0) is 4.74 Å². The number of rotatable bonds is 4. The molecule has 1 aliphatic rings. The fourth-order valence-electron chi connectivity index (χ4n) is 1.74. The molecule has 5 heteroatoms. The van der Waals surface area contributed by atoms with Gasteiger partial charge in [0.25, 0.3) is 0 Å². The summed E-state index contributed by atoms with van der Waals surface area (Å²) in [5, 5.41) is 3.20. The van der Waals surface area contributed by atoms with Crippen LogP contribution in [0.4, 0.5) is 0 Å². The van der Waals surface area contributed by atoms with Crippen molar-refractivity contribution in [2.45, 2.75) is 19.4 Å². The molecule has 1 atom stereocenters. The standard InChI is InChI=1S/C12H16N2O3/c1-2-16-12(15)10-4-3-6-14-11(10)17-9-5-7-13-8-9/h3-4,6,9,13H,2,5,7-8H2,1H3. The fraction of sp³-hybridized carbons (Fsp3) is 0.500. The van der Waals surface area contributed by atoms with Crippen molar-refractivity contribution in [3.05, 3.63) is 23.9 Å². The van der Waals surface area contributed by atoms with E-state index in [2.05, 4.69) is 10.3 Å². The zero-order valence-corrected chi connectivity index (χ0v) is 9.81. The van der Waals surface area contributed by atoms with E-state index in [1.807, 2.05) is 0 Å². The number of nitrogens with zero attached hydrogens (tertiary/aromatic N) is 1. The molecule has 0 radical (unpaired) electrons. The van der Waals surface area contributed by atoms with Crippen LogP contribution in [0.15, 0.2) is 18.3 Å². The second-order valence-electron chi connectivity index (χ2n) is 3.81. The van der Waals surface area contributed by atoms with Crippen LogP contribution in [0.3, 0.4) is 0 Å². The first-order chi connectivity index (χ1) is 8.31. The largest absolute Gasteiger partial charge is 0.472 e. The lowest BCUT2D eigenvalue weighted by Gasteiger charge is -2.13. The molecule has 0 aliphatic carbocycles. The number of hydrogen-bond acceptors (Lipinski definition) is 5. The van der Waals surface area contributed by atoms with Gasteiger partial charge in [0.2, 0.25) is 5.88 Å². The highest BCUT2D eigenvalue weighted by molar-refractivity contribution is 5.91. The van der Waals surface area contributed by atoms with E-state index in [0.29, 0.717) is 18.1 Å². The minimum Gasteiger partial charge on any atom is -0.472 e. The normalized spacial score (nSPS) is 19.0. The summed E-state index contributed by atoms with van der Waals surface area (Å²) < 4.78 is 10.7. The molecule has 1 aromatic rings. The van der Waals surface area contributed by atoms with Gasteiger partial charge in [-0.15, -0.1) is 0 Å². The second-order valence-corrected chi connectivity index (χ2v) is 3.81. The zero-order chi connectivity index (χ0) is 12.1. The van der Waals surface area contributed by atoms with Gasteiger partial charge in [-0.3, -0.25) is 0 Å². The topological polar surface area (TPSA) is 60.5 Å². The van der Waals surface area contributed by atoms with Gasteiger partial charge in [0, 0.05) is 12.7 Å². The van der Waals surface area contributed by atoms with Crippen molar-refractivity contribution in [1.82, 2.24) is 10.3 Å². The first-order valence-electron chi connectivity index (χ1n) is 5.80. The lowest BCUT2D eigenvalue weighted by molar-refractivity contribution is 0.0518. The number of pyridine rings is 1. The molecule has 2 rings (SSSR count). The molecule has 1 aliphatic heterocycles. The fourth-order valence-corrected chi connectivity index (χ4v) is 1.74. The Kier molecular flexibility index (Phi) is 3.93. The van der Waals surface area contributed by atoms with Crippen LogP contribution in [-0.4, -0.2) is 36.8 Å². The smallest absolute Gasteiger partial charge is 0.343 e. The highest BCUT2D eigenvalue weighted by Crippen LogP contribution is 2.18. The van der Waals surface area contributed by atoms with Gasteiger partial charge in [-0.05, 0) is 32.0 Å². The summed E-state index contributed by atoms with van der Waals surface area (Å²) in [6, 6.07) is 3.37. The molecule has 1 saturated heterocycles. The first-order valence-corrected chi connectivity index (χ1v) is 5.80. The monoisotopic (exact) mass is 236 g/mol. The number of nitrogens with one attached hydrogen (secondary N) is 1. The number of carbonyl (C=O) groups is 1. The summed E-state index contributed by atoms with van der Waals surface area (Å²) >= 11 is 0. The molecule has 17 heavy (non-hydrogen) atoms. The average Bonchev–Trinajstić information content (AvgIpc) is 2.83. The third-order valence-electron chi connectivity index (χ3n) is 2.56. The molecule has 1 N–H and O–H groups in total. The van der Waals surface area contributed by atoms with E-state index in [0.717, 1.165) is 19.5 Å². The van der Waals surface area contributed by atoms with Crippen molar-refractivity contribution < 1.29 is 14.3 Å². The van der Waals surface area contributed by atoms with Crippen molar-refractivity contribution in [3.8, 4) is 5.88 Å². The van der Waals surface area contributed by atoms with Gasteiger partial charge >= 0.3 is 5.97 Å². The van der Waals surface area contributed by atoms with Gasteiger partial charge in [-0.25, -0.2) is 9.78 Å². The summed E-state index contributed by atoms with van der Waals surface area (Å²) in [5.74, 6) is -0.0267. The number of esters is 1. The Morgan fingerprint density at radius 1 is 1.65 bits per heavy atom. The Hall–Kier alpha value is -1.62. The molecular formula is C12H16N2O3. The lowest BCUT2D eigenvalue weighted by atomic mass is 10.2. The molecule has 1 aromatic heterocycles. The molecule has 2 heterocycles. The number of ether oxygens (including phenoxy) is 2. The van der Waals surface area contributed by atoms with Gasteiger partial charge in [0.1, 0.15) is 11.7 Å². The molecule has 5 nitrogen and oxygen atoms in total. The maximum absolute atomic E-state index is 11.7. The molecule has 0 bridgehead atoms. The highest BCUT2D eigenvalue weighted by atomic mass is 16.5. The van der Waals surface area contributed by atoms with Crippen LogP contribution >= 0.6 is 0 Å². The van der Waals surface area contributed by atoms with E-state index in [4.69, 9.17) is 9.47 Å². The Balaban J connectivity index is 2.12. The molecule has 0 aromatic carbocycles. The third kappa shape index (κ3) is 2.94. The summed E-state index contributed by atoms with van der Waals surface area (Å²) in [6.45, 7) is 3.85. The van der Waals surface area contributed by atoms with Gasteiger partial charge in [0.05, 0.1) is 6.61 Å². The minimum atomic E-state index is -0.387. The second kappa shape index (κ2) is 5.63. The predicted molar refractivity (Wildman–Crippen MR) is 62.1 cm³/mol. The zero-order valence-electron chi connectivity index (χ0n) is 9.81. The number of carbonyl (C=O) groups excluding carboxylic acids is 1. The van der Waals surface area contributed by atoms with Gasteiger partial charge < -0.3 is 14.8 Å². The molecule has 1 fully saturated rings. The Morgan fingerprint density at radius 3 is 3.24 bits per heavy atom. The maximum atomic E-state index is 11.7. The summed E-state index contributed by atoms with van der Waals surface area (Å²) in [4.78, 5) is 15.8. The van der Waals surface area contributed by atoms with E-state index in [-0.39, 0.29) is 12.1 Å². The Bertz CT molecular complexity index is 389. The van der Waals surface area contributed by atoms with Crippen LogP contribution in [0.1, 0.15) is 23.7 Å². The van der Waals surface area contributed by atoms with Gasteiger partial charge in [-0.2, -0.15) is 0 Å². The molecule has 0 amide bonds. The van der Waals surface area contributed by atoms with Crippen LogP contribution in [0, 0.1) is 0 Å². The molecular weight excluding hydrogens is 220 g/mol. The highest BCUT2D eigenvalue weighted by Gasteiger charge is 2.21. The van der Waals surface area contributed by atoms with Crippen LogP contribution < -0.4 is 10.1 Å².